The lowest BCUT2D eigenvalue weighted by molar-refractivity contribution is 0.507. The molecule has 0 saturated carbocycles. The van der Waals surface area contributed by atoms with Crippen LogP contribution in [0.5, 0.6) is 0 Å². The number of nitrogens with one attached hydrogen (secondary N) is 1. The zero-order valence-corrected chi connectivity index (χ0v) is 5.96. The van der Waals surface area contributed by atoms with Crippen molar-refractivity contribution < 1.29 is 0 Å². The second-order valence-corrected chi connectivity index (χ2v) is 2.61. The summed E-state index contributed by atoms with van der Waals surface area (Å²) in [6, 6.07) is 2.13. The van der Waals surface area contributed by atoms with Crippen LogP contribution < -0.4 is 5.32 Å². The summed E-state index contributed by atoms with van der Waals surface area (Å²) < 4.78 is 0. The molecule has 0 bridgehead atoms. The lowest BCUT2D eigenvalue weighted by Gasteiger charge is -2.25. The van der Waals surface area contributed by atoms with E-state index in [1.54, 1.807) is 0 Å². The Labute approximate surface area is 60.9 Å². The molecule has 1 aliphatic rings. The lowest BCUT2D eigenvalue weighted by atomic mass is 9.97. The molecule has 0 aliphatic carbocycles. The number of dihydropyridines is 1. The van der Waals surface area contributed by atoms with Crippen LogP contribution in [0.3, 0.4) is 0 Å². The van der Waals surface area contributed by atoms with Gasteiger partial charge in [-0.05, 0) is 19.2 Å². The van der Waals surface area contributed by atoms with Crippen LogP contribution >= 0.6 is 0 Å². The maximum atomic E-state index is 8.44. The van der Waals surface area contributed by atoms with Crippen LogP contribution in [0.1, 0.15) is 13.3 Å². The Hall–Kier alpha value is -1.23. The molecule has 0 aromatic heterocycles. The lowest BCUT2D eigenvalue weighted by Crippen LogP contribution is -2.37. The Morgan fingerprint density at radius 1 is 1.60 bits per heavy atom. The van der Waals surface area contributed by atoms with E-state index in [1.165, 1.54) is 0 Å². The number of nitrogens with zero attached hydrogens (tertiary/aromatic N) is 1. The molecule has 0 aromatic rings. The smallest absolute Gasteiger partial charge is 0.0655 e. The topological polar surface area (TPSA) is 35.8 Å². The van der Waals surface area contributed by atoms with E-state index < -0.39 is 0 Å². The van der Waals surface area contributed by atoms with Gasteiger partial charge in [-0.2, -0.15) is 5.26 Å². The normalized spacial score (nSPS) is 29.2. The van der Waals surface area contributed by atoms with Gasteiger partial charge in [0, 0.05) is 0 Å². The number of hydrogen-bond acceptors (Lipinski definition) is 2. The first kappa shape index (κ1) is 6.88. The summed E-state index contributed by atoms with van der Waals surface area (Å²) in [7, 11) is 0. The van der Waals surface area contributed by atoms with E-state index in [-0.39, 0.29) is 5.54 Å². The highest BCUT2D eigenvalue weighted by molar-refractivity contribution is 5.19. The molecule has 1 rings (SSSR count). The van der Waals surface area contributed by atoms with Gasteiger partial charge in [0.15, 0.2) is 0 Å². The summed E-state index contributed by atoms with van der Waals surface area (Å²) in [5.74, 6) is 0. The molecule has 1 heterocycles. The highest BCUT2D eigenvalue weighted by Crippen LogP contribution is 2.13. The van der Waals surface area contributed by atoms with E-state index in [1.807, 2.05) is 31.4 Å². The van der Waals surface area contributed by atoms with Crippen molar-refractivity contribution in [2.45, 2.75) is 18.9 Å². The summed E-state index contributed by atoms with van der Waals surface area (Å²) in [6.07, 6.45) is 8.23. The summed E-state index contributed by atoms with van der Waals surface area (Å²) in [6.45, 7) is 2.00. The van der Waals surface area contributed by atoms with Crippen LogP contribution in [0.2, 0.25) is 0 Å². The average molecular weight is 134 g/mol. The van der Waals surface area contributed by atoms with Gasteiger partial charge in [0.25, 0.3) is 0 Å². The van der Waals surface area contributed by atoms with E-state index in [0.29, 0.717) is 6.42 Å². The standard InChI is InChI=1S/C8H10N2/c1-8(5-6-9)4-2-3-7-10-8/h2-4,7,10H,5H2,1H3. The maximum absolute atomic E-state index is 8.44. The SMILES string of the molecule is CC1(CC#N)C=CC=CN1. The minimum Gasteiger partial charge on any atom is -0.381 e. The van der Waals surface area contributed by atoms with Crippen LogP contribution in [-0.4, -0.2) is 5.54 Å². The van der Waals surface area contributed by atoms with Crippen molar-refractivity contribution in [3.8, 4) is 6.07 Å². The van der Waals surface area contributed by atoms with Crippen molar-refractivity contribution in [3.63, 3.8) is 0 Å². The fourth-order valence-corrected chi connectivity index (χ4v) is 0.884. The van der Waals surface area contributed by atoms with E-state index in [9.17, 15) is 0 Å². The van der Waals surface area contributed by atoms with Crippen LogP contribution in [0, 0.1) is 11.3 Å². The van der Waals surface area contributed by atoms with Crippen LogP contribution in [0.15, 0.2) is 24.4 Å². The Morgan fingerprint density at radius 2 is 2.40 bits per heavy atom. The highest BCUT2D eigenvalue weighted by Gasteiger charge is 2.18. The van der Waals surface area contributed by atoms with Gasteiger partial charge >= 0.3 is 0 Å². The van der Waals surface area contributed by atoms with Gasteiger partial charge < -0.3 is 5.32 Å². The van der Waals surface area contributed by atoms with Gasteiger partial charge in [0.05, 0.1) is 18.0 Å². The molecule has 1 atom stereocenters. The summed E-state index contributed by atoms with van der Waals surface area (Å²) in [4.78, 5) is 0. The monoisotopic (exact) mass is 134 g/mol. The van der Waals surface area contributed by atoms with Crippen molar-refractivity contribution >= 4 is 0 Å². The molecule has 0 amide bonds. The minimum absolute atomic E-state index is 0.149. The first-order valence-electron chi connectivity index (χ1n) is 3.26. The Kier molecular flexibility index (Phi) is 1.77. The third-order valence-corrected chi connectivity index (χ3v) is 1.53. The van der Waals surface area contributed by atoms with Gasteiger partial charge in [-0.15, -0.1) is 0 Å². The largest absolute Gasteiger partial charge is 0.381 e. The molecule has 52 valence electrons. The molecular weight excluding hydrogens is 124 g/mol. The summed E-state index contributed by atoms with van der Waals surface area (Å²) in [5, 5.41) is 11.5. The fraction of sp³-hybridized carbons (Fsp3) is 0.375. The number of allylic oxidation sites excluding steroid dienone is 2. The van der Waals surface area contributed by atoms with Crippen molar-refractivity contribution in [3.05, 3.63) is 24.4 Å². The Morgan fingerprint density at radius 3 is 2.90 bits per heavy atom. The number of hydrogen-bond donors (Lipinski definition) is 1. The fourth-order valence-electron chi connectivity index (χ4n) is 0.884. The summed E-state index contributed by atoms with van der Waals surface area (Å²) in [5.41, 5.74) is -0.149. The van der Waals surface area contributed by atoms with Gasteiger partial charge in [-0.25, -0.2) is 0 Å². The summed E-state index contributed by atoms with van der Waals surface area (Å²) >= 11 is 0. The van der Waals surface area contributed by atoms with Gasteiger partial charge in [-0.1, -0.05) is 12.2 Å². The molecule has 0 fully saturated rings. The first-order chi connectivity index (χ1) is 4.77. The van der Waals surface area contributed by atoms with E-state index >= 15 is 0 Å². The van der Waals surface area contributed by atoms with Crippen molar-refractivity contribution in [1.29, 1.82) is 5.26 Å². The Bertz CT molecular complexity index is 210. The van der Waals surface area contributed by atoms with E-state index in [2.05, 4.69) is 11.4 Å². The molecule has 1 N–H and O–H groups in total. The van der Waals surface area contributed by atoms with Crippen LogP contribution in [0.4, 0.5) is 0 Å². The predicted octanol–water partition coefficient (Wildman–Crippen LogP) is 1.33. The first-order valence-corrected chi connectivity index (χ1v) is 3.26. The molecule has 1 unspecified atom stereocenters. The molecule has 0 saturated heterocycles. The van der Waals surface area contributed by atoms with E-state index in [4.69, 9.17) is 5.26 Å². The molecule has 1 aliphatic heterocycles. The molecule has 0 aromatic carbocycles. The maximum Gasteiger partial charge on any atom is 0.0655 e. The average Bonchev–Trinajstić information content (AvgIpc) is 1.89. The second kappa shape index (κ2) is 2.57. The number of nitriles is 1. The third kappa shape index (κ3) is 1.38. The van der Waals surface area contributed by atoms with Crippen molar-refractivity contribution in [2.24, 2.45) is 0 Å². The van der Waals surface area contributed by atoms with Crippen molar-refractivity contribution in [1.82, 2.24) is 5.32 Å². The minimum atomic E-state index is -0.149. The highest BCUT2D eigenvalue weighted by atomic mass is 14.9. The molecule has 0 spiro atoms. The van der Waals surface area contributed by atoms with Gasteiger partial charge in [0.1, 0.15) is 0 Å². The molecule has 10 heavy (non-hydrogen) atoms. The zero-order valence-electron chi connectivity index (χ0n) is 5.96. The van der Waals surface area contributed by atoms with Gasteiger partial charge in [0.2, 0.25) is 0 Å². The van der Waals surface area contributed by atoms with Crippen LogP contribution in [-0.2, 0) is 0 Å². The van der Waals surface area contributed by atoms with Crippen LogP contribution in [0.25, 0.3) is 0 Å². The molecule has 2 nitrogen and oxygen atoms in total. The zero-order chi connectivity index (χ0) is 7.45. The molecular formula is C8H10N2. The van der Waals surface area contributed by atoms with Gasteiger partial charge in [-0.3, -0.25) is 0 Å². The van der Waals surface area contributed by atoms with Crippen molar-refractivity contribution in [2.75, 3.05) is 0 Å². The molecule has 0 radical (unpaired) electrons. The predicted molar refractivity (Wildman–Crippen MR) is 40.1 cm³/mol. The quantitative estimate of drug-likeness (QED) is 0.587. The third-order valence-electron chi connectivity index (χ3n) is 1.53. The Balaban J connectivity index is 2.63. The second-order valence-electron chi connectivity index (χ2n) is 2.61. The number of rotatable bonds is 1. The van der Waals surface area contributed by atoms with E-state index in [0.717, 1.165) is 0 Å². The molecule has 2 heteroatoms.